The van der Waals surface area contributed by atoms with E-state index in [1.165, 1.54) is 0 Å². The summed E-state index contributed by atoms with van der Waals surface area (Å²) < 4.78 is 13.3. The Morgan fingerprint density at radius 1 is 1.16 bits per heavy atom. The summed E-state index contributed by atoms with van der Waals surface area (Å²) >= 11 is 0. The van der Waals surface area contributed by atoms with Gasteiger partial charge < -0.3 is 14.4 Å². The molecule has 0 N–H and O–H groups in total. The number of nitriles is 1. The number of hydrogen-bond acceptors (Lipinski definition) is 6. The maximum absolute atomic E-state index is 14.0. The van der Waals surface area contributed by atoms with Crippen LogP contribution in [0.3, 0.4) is 0 Å². The van der Waals surface area contributed by atoms with Crippen molar-refractivity contribution in [3.05, 3.63) is 84.1 Å². The number of pyridine rings is 1. The fourth-order valence-electron chi connectivity index (χ4n) is 4.37. The molecular weight excluding hydrogens is 466 g/mol. The molecule has 4 aromatic rings. The average molecular weight is 494 g/mol. The molecule has 2 aromatic heterocycles. The minimum absolute atomic E-state index is 0.0615. The molecule has 0 saturated carbocycles. The highest BCUT2D eigenvalue weighted by Crippen LogP contribution is 2.35. The van der Waals surface area contributed by atoms with E-state index in [1.54, 1.807) is 29.3 Å². The lowest BCUT2D eigenvalue weighted by atomic mass is 10.0. The largest absolute Gasteiger partial charge is 0.486 e. The quantitative estimate of drug-likeness (QED) is 0.331. The first-order valence-corrected chi connectivity index (χ1v) is 12.2. The molecule has 2 aromatic carbocycles. The third kappa shape index (κ3) is 4.76. The van der Waals surface area contributed by atoms with Crippen LogP contribution in [-0.2, 0) is 6.54 Å². The van der Waals surface area contributed by atoms with Crippen molar-refractivity contribution in [3.63, 3.8) is 0 Å². The second kappa shape index (κ2) is 10.2. The van der Waals surface area contributed by atoms with E-state index in [0.29, 0.717) is 65.7 Å². The molecule has 3 heterocycles. The number of benzene rings is 2. The van der Waals surface area contributed by atoms with Gasteiger partial charge in [-0.3, -0.25) is 4.79 Å². The van der Waals surface area contributed by atoms with Crippen molar-refractivity contribution in [3.8, 4) is 28.8 Å². The molecule has 0 radical (unpaired) electrons. The predicted octanol–water partition coefficient (Wildman–Crippen LogP) is 5.15. The number of rotatable bonds is 7. The van der Waals surface area contributed by atoms with Gasteiger partial charge in [0.2, 0.25) is 0 Å². The fraction of sp³-hybridized carbons (Fsp3) is 0.241. The molecule has 1 aliphatic rings. The summed E-state index contributed by atoms with van der Waals surface area (Å²) in [5, 5.41) is 14.3. The average Bonchev–Trinajstić information content (AvgIpc) is 3.36. The normalized spacial score (nSPS) is 12.4. The van der Waals surface area contributed by atoms with Crippen molar-refractivity contribution in [2.24, 2.45) is 0 Å². The van der Waals surface area contributed by atoms with Gasteiger partial charge in [-0.15, -0.1) is 6.58 Å². The summed E-state index contributed by atoms with van der Waals surface area (Å²) in [6, 6.07) is 16.9. The van der Waals surface area contributed by atoms with Gasteiger partial charge in [0, 0.05) is 24.7 Å². The van der Waals surface area contributed by atoms with Crippen LogP contribution in [0.1, 0.15) is 41.4 Å². The first-order chi connectivity index (χ1) is 18.0. The van der Waals surface area contributed by atoms with Crippen LogP contribution in [0.4, 0.5) is 0 Å². The lowest BCUT2D eigenvalue weighted by Crippen LogP contribution is -2.31. The van der Waals surface area contributed by atoms with Crippen LogP contribution in [0.15, 0.2) is 67.4 Å². The molecule has 0 fully saturated rings. The standard InChI is InChI=1S/C29H27N5O3/c1-4-11-33(18-21-7-5-20(16-30)6-8-21)29(35)23-15-25(32-28-24(23)17-31-34(28)19(2)3)22-9-10-26-27(14-22)37-13-12-36-26/h4-10,14-15,17,19H,1,11-13,18H2,2-3H3. The van der Waals surface area contributed by atoms with Crippen LogP contribution in [0.5, 0.6) is 11.5 Å². The molecule has 37 heavy (non-hydrogen) atoms. The molecule has 0 atom stereocenters. The number of nitrogens with zero attached hydrogens (tertiary/aromatic N) is 5. The Morgan fingerprint density at radius 2 is 1.92 bits per heavy atom. The number of hydrogen-bond donors (Lipinski definition) is 0. The van der Waals surface area contributed by atoms with Gasteiger partial charge in [0.05, 0.1) is 34.5 Å². The third-order valence-electron chi connectivity index (χ3n) is 6.22. The third-order valence-corrected chi connectivity index (χ3v) is 6.22. The van der Waals surface area contributed by atoms with Gasteiger partial charge in [0.15, 0.2) is 17.1 Å². The lowest BCUT2D eigenvalue weighted by molar-refractivity contribution is 0.0764. The molecule has 1 aliphatic heterocycles. The van der Waals surface area contributed by atoms with Gasteiger partial charge >= 0.3 is 0 Å². The van der Waals surface area contributed by atoms with E-state index < -0.39 is 0 Å². The molecular formula is C29H27N5O3. The molecule has 8 nitrogen and oxygen atoms in total. The Hall–Kier alpha value is -4.64. The molecule has 0 unspecified atom stereocenters. The zero-order valence-electron chi connectivity index (χ0n) is 20.8. The van der Waals surface area contributed by atoms with Crippen molar-refractivity contribution in [1.29, 1.82) is 5.26 Å². The summed E-state index contributed by atoms with van der Waals surface area (Å²) in [5.74, 6) is 1.20. The Bertz CT molecular complexity index is 1520. The number of fused-ring (bicyclic) bond motifs is 2. The lowest BCUT2D eigenvalue weighted by Gasteiger charge is -2.22. The number of carbonyl (C=O) groups is 1. The molecule has 8 heteroatoms. The van der Waals surface area contributed by atoms with Crippen molar-refractivity contribution in [2.75, 3.05) is 19.8 Å². The molecule has 186 valence electrons. The second-order valence-corrected chi connectivity index (χ2v) is 9.12. The van der Waals surface area contributed by atoms with Gasteiger partial charge in [-0.25, -0.2) is 9.67 Å². The summed E-state index contributed by atoms with van der Waals surface area (Å²) in [6.45, 7) is 9.64. The zero-order valence-corrected chi connectivity index (χ0v) is 20.8. The first kappa shape index (κ1) is 24.1. The second-order valence-electron chi connectivity index (χ2n) is 9.12. The summed E-state index contributed by atoms with van der Waals surface area (Å²) in [6.07, 6.45) is 3.41. The first-order valence-electron chi connectivity index (χ1n) is 12.2. The monoisotopic (exact) mass is 493 g/mol. The summed E-state index contributed by atoms with van der Waals surface area (Å²) in [7, 11) is 0. The van der Waals surface area contributed by atoms with E-state index >= 15 is 0 Å². The highest BCUT2D eigenvalue weighted by molar-refractivity contribution is 6.06. The van der Waals surface area contributed by atoms with Crippen molar-refractivity contribution in [2.45, 2.75) is 26.4 Å². The highest BCUT2D eigenvalue weighted by atomic mass is 16.6. The van der Waals surface area contributed by atoms with E-state index in [0.717, 1.165) is 11.1 Å². The maximum Gasteiger partial charge on any atom is 0.255 e. The Morgan fingerprint density at radius 3 is 2.62 bits per heavy atom. The van der Waals surface area contributed by atoms with Crippen LogP contribution in [-0.4, -0.2) is 45.3 Å². The van der Waals surface area contributed by atoms with Crippen LogP contribution in [0, 0.1) is 11.3 Å². The smallest absolute Gasteiger partial charge is 0.255 e. The van der Waals surface area contributed by atoms with Crippen LogP contribution in [0.2, 0.25) is 0 Å². The topological polar surface area (TPSA) is 93.3 Å². The molecule has 0 spiro atoms. The number of amides is 1. The highest BCUT2D eigenvalue weighted by Gasteiger charge is 2.23. The van der Waals surface area contributed by atoms with Gasteiger partial charge in [-0.1, -0.05) is 18.2 Å². The van der Waals surface area contributed by atoms with Crippen molar-refractivity contribution >= 4 is 16.9 Å². The molecule has 5 rings (SSSR count). The molecule has 0 aliphatic carbocycles. The SMILES string of the molecule is C=CCN(Cc1ccc(C#N)cc1)C(=O)c1cc(-c2ccc3c(c2)OCCO3)nc2c1cnn2C(C)C. The van der Waals surface area contributed by atoms with E-state index in [2.05, 4.69) is 17.7 Å². The maximum atomic E-state index is 14.0. The Kier molecular flexibility index (Phi) is 6.60. The van der Waals surface area contributed by atoms with Gasteiger partial charge in [0.1, 0.15) is 13.2 Å². The van der Waals surface area contributed by atoms with Gasteiger partial charge in [-0.05, 0) is 55.8 Å². The van der Waals surface area contributed by atoms with Crippen molar-refractivity contribution < 1.29 is 14.3 Å². The minimum Gasteiger partial charge on any atom is -0.486 e. The molecule has 0 saturated heterocycles. The van der Waals surface area contributed by atoms with E-state index in [9.17, 15) is 4.79 Å². The van der Waals surface area contributed by atoms with Crippen molar-refractivity contribution in [1.82, 2.24) is 19.7 Å². The Labute approximate surface area is 215 Å². The molecule has 0 bridgehead atoms. The van der Waals surface area contributed by atoms with Crippen LogP contribution in [0.25, 0.3) is 22.3 Å². The summed E-state index contributed by atoms with van der Waals surface area (Å²) in [5.41, 5.74) is 4.11. The number of carbonyl (C=O) groups excluding carboxylic acids is 1. The number of aromatic nitrogens is 3. The number of ether oxygens (including phenoxy) is 2. The predicted molar refractivity (Wildman–Crippen MR) is 140 cm³/mol. The van der Waals surface area contributed by atoms with E-state index in [1.807, 2.05) is 54.9 Å². The molecule has 1 amide bonds. The van der Waals surface area contributed by atoms with Gasteiger partial charge in [-0.2, -0.15) is 10.4 Å². The summed E-state index contributed by atoms with van der Waals surface area (Å²) in [4.78, 5) is 20.6. The van der Waals surface area contributed by atoms with Crippen LogP contribution < -0.4 is 9.47 Å². The zero-order chi connectivity index (χ0) is 25.9. The fourth-order valence-corrected chi connectivity index (χ4v) is 4.37. The van der Waals surface area contributed by atoms with E-state index in [-0.39, 0.29) is 11.9 Å². The van der Waals surface area contributed by atoms with Crippen LogP contribution >= 0.6 is 0 Å². The van der Waals surface area contributed by atoms with E-state index in [4.69, 9.17) is 19.7 Å². The minimum atomic E-state index is -0.154. The Balaban J connectivity index is 1.59. The van der Waals surface area contributed by atoms with Gasteiger partial charge in [0.25, 0.3) is 5.91 Å².